The van der Waals surface area contributed by atoms with E-state index in [0.29, 0.717) is 27.7 Å². The van der Waals surface area contributed by atoms with Gasteiger partial charge in [-0.15, -0.1) is 0 Å². The molecular formula is C26H17ClN2O4S. The molecule has 34 heavy (non-hydrogen) atoms. The van der Waals surface area contributed by atoms with Crippen molar-refractivity contribution in [1.29, 1.82) is 0 Å². The van der Waals surface area contributed by atoms with Gasteiger partial charge in [0.2, 0.25) is 0 Å². The van der Waals surface area contributed by atoms with Gasteiger partial charge in [0.15, 0.2) is 0 Å². The minimum atomic E-state index is -0.417. The van der Waals surface area contributed by atoms with E-state index >= 15 is 0 Å². The molecular weight excluding hydrogens is 472 g/mol. The molecule has 0 aliphatic carbocycles. The van der Waals surface area contributed by atoms with Crippen LogP contribution in [0.1, 0.15) is 11.3 Å². The number of nitro groups is 1. The number of carbonyl (C=O) groups excluding carboxylic acids is 1. The summed E-state index contributed by atoms with van der Waals surface area (Å²) >= 11 is 7.81. The summed E-state index contributed by atoms with van der Waals surface area (Å²) in [5.74, 6) is 0.685. The number of hydrogen-bond acceptors (Lipinski definition) is 5. The van der Waals surface area contributed by atoms with Crippen LogP contribution in [0.2, 0.25) is 5.02 Å². The van der Waals surface area contributed by atoms with Crippen LogP contribution in [0.25, 0.3) is 17.4 Å². The number of para-hydroxylation sites is 1. The summed E-state index contributed by atoms with van der Waals surface area (Å²) in [4.78, 5) is 27.7. The van der Waals surface area contributed by atoms with Gasteiger partial charge in [-0.2, -0.15) is 0 Å². The van der Waals surface area contributed by atoms with Crippen LogP contribution in [0.3, 0.4) is 0 Å². The Labute approximate surface area is 204 Å². The molecule has 2 heterocycles. The van der Waals surface area contributed by atoms with Gasteiger partial charge in [-0.25, -0.2) is 0 Å². The number of halogens is 1. The maximum atomic E-state index is 13.3. The number of furan rings is 1. The molecule has 1 aromatic heterocycles. The topological polar surface area (TPSA) is 76.6 Å². The minimum Gasteiger partial charge on any atom is -0.457 e. The van der Waals surface area contributed by atoms with Crippen LogP contribution in [0.5, 0.6) is 0 Å². The molecule has 0 bridgehead atoms. The highest BCUT2D eigenvalue weighted by Gasteiger charge is 2.27. The van der Waals surface area contributed by atoms with E-state index in [0.717, 1.165) is 21.2 Å². The van der Waals surface area contributed by atoms with Crippen LogP contribution in [0.15, 0.2) is 93.1 Å². The first-order chi connectivity index (χ1) is 16.4. The highest BCUT2D eigenvalue weighted by atomic mass is 35.5. The summed E-state index contributed by atoms with van der Waals surface area (Å²) in [6.45, 7) is 1.69. The van der Waals surface area contributed by atoms with E-state index in [1.54, 1.807) is 66.1 Å². The molecule has 0 saturated carbocycles. The summed E-state index contributed by atoms with van der Waals surface area (Å²) in [7, 11) is 0. The second kappa shape index (κ2) is 8.85. The number of benzene rings is 3. The first-order valence-corrected chi connectivity index (χ1v) is 11.5. The van der Waals surface area contributed by atoms with Gasteiger partial charge < -0.3 is 4.42 Å². The molecule has 4 aromatic rings. The molecule has 0 unspecified atom stereocenters. The highest BCUT2D eigenvalue weighted by molar-refractivity contribution is 7.99. The maximum absolute atomic E-state index is 13.3. The molecule has 1 aliphatic heterocycles. The van der Waals surface area contributed by atoms with Crippen molar-refractivity contribution < 1.29 is 14.1 Å². The average Bonchev–Trinajstić information content (AvgIpc) is 3.30. The molecule has 6 nitrogen and oxygen atoms in total. The Morgan fingerprint density at radius 1 is 1.03 bits per heavy atom. The molecule has 1 amide bonds. The summed E-state index contributed by atoms with van der Waals surface area (Å²) in [6.07, 6.45) is 3.03. The molecule has 3 aromatic carbocycles. The van der Waals surface area contributed by atoms with E-state index in [-0.39, 0.29) is 11.6 Å². The maximum Gasteiger partial charge on any atom is 0.273 e. The third-order valence-corrected chi connectivity index (χ3v) is 6.78. The predicted octanol–water partition coefficient (Wildman–Crippen LogP) is 7.66. The van der Waals surface area contributed by atoms with Crippen molar-refractivity contribution in [2.45, 2.75) is 16.7 Å². The standard InChI is InChI=1S/C26H17ClN2O4S/c1-16-6-7-17(14-21(16)29(31)32)23-11-9-19(33-23)10-13-26(30)28-20-4-2-3-5-24(20)34-25-12-8-18(27)15-22(25)28/h2-15H,1H3/b13-10+. The number of carbonyl (C=O) groups is 1. The number of hydrogen-bond donors (Lipinski definition) is 0. The van der Waals surface area contributed by atoms with E-state index in [1.807, 2.05) is 30.3 Å². The molecule has 0 fully saturated rings. The van der Waals surface area contributed by atoms with Crippen molar-refractivity contribution in [2.24, 2.45) is 0 Å². The quantitative estimate of drug-likeness (QED) is 0.167. The van der Waals surface area contributed by atoms with Gasteiger partial charge in [-0.1, -0.05) is 47.6 Å². The van der Waals surface area contributed by atoms with Crippen molar-refractivity contribution in [3.8, 4) is 11.3 Å². The highest BCUT2D eigenvalue weighted by Crippen LogP contribution is 2.48. The van der Waals surface area contributed by atoms with Gasteiger partial charge in [0.25, 0.3) is 11.6 Å². The van der Waals surface area contributed by atoms with Crippen molar-refractivity contribution in [2.75, 3.05) is 4.90 Å². The van der Waals surface area contributed by atoms with Crippen LogP contribution in [0.4, 0.5) is 17.1 Å². The lowest BCUT2D eigenvalue weighted by Gasteiger charge is -2.30. The predicted molar refractivity (Wildman–Crippen MR) is 134 cm³/mol. The molecule has 0 N–H and O–H groups in total. The van der Waals surface area contributed by atoms with Gasteiger partial charge in [-0.05, 0) is 55.5 Å². The number of rotatable bonds is 4. The third kappa shape index (κ3) is 4.11. The van der Waals surface area contributed by atoms with Crippen molar-refractivity contribution in [3.05, 3.63) is 105 Å². The van der Waals surface area contributed by atoms with Gasteiger partial charge in [0, 0.05) is 38.1 Å². The Kier molecular flexibility index (Phi) is 5.73. The van der Waals surface area contributed by atoms with Crippen molar-refractivity contribution in [1.82, 2.24) is 0 Å². The second-order valence-corrected chi connectivity index (χ2v) is 9.17. The van der Waals surface area contributed by atoms with E-state index in [2.05, 4.69) is 0 Å². The zero-order valence-electron chi connectivity index (χ0n) is 17.9. The number of amides is 1. The fourth-order valence-electron chi connectivity index (χ4n) is 3.75. The Morgan fingerprint density at radius 3 is 2.65 bits per heavy atom. The molecule has 0 atom stereocenters. The summed E-state index contributed by atoms with van der Waals surface area (Å²) in [6, 6.07) is 21.6. The largest absolute Gasteiger partial charge is 0.457 e. The van der Waals surface area contributed by atoms with E-state index < -0.39 is 4.92 Å². The fourth-order valence-corrected chi connectivity index (χ4v) is 4.95. The normalized spacial score (nSPS) is 12.5. The SMILES string of the molecule is Cc1ccc(-c2ccc(/C=C/C(=O)N3c4ccccc4Sc4ccc(Cl)cc43)o2)cc1[N+](=O)[O-]. The fraction of sp³-hybridized carbons (Fsp3) is 0.0385. The molecule has 8 heteroatoms. The molecule has 168 valence electrons. The van der Waals surface area contributed by atoms with Gasteiger partial charge >= 0.3 is 0 Å². The second-order valence-electron chi connectivity index (χ2n) is 7.65. The lowest BCUT2D eigenvalue weighted by Crippen LogP contribution is -2.26. The molecule has 0 radical (unpaired) electrons. The van der Waals surface area contributed by atoms with Gasteiger partial charge in [-0.3, -0.25) is 19.8 Å². The first-order valence-electron chi connectivity index (χ1n) is 10.3. The average molecular weight is 489 g/mol. The third-order valence-electron chi connectivity index (χ3n) is 5.42. The summed E-state index contributed by atoms with van der Waals surface area (Å²) in [5.41, 5.74) is 2.70. The van der Waals surface area contributed by atoms with Crippen LogP contribution >= 0.6 is 23.4 Å². The Morgan fingerprint density at radius 2 is 1.82 bits per heavy atom. The van der Waals surface area contributed by atoms with Crippen LogP contribution < -0.4 is 4.90 Å². The van der Waals surface area contributed by atoms with Gasteiger partial charge in [0.1, 0.15) is 11.5 Å². The summed E-state index contributed by atoms with van der Waals surface area (Å²) < 4.78 is 5.83. The number of anilines is 2. The van der Waals surface area contributed by atoms with Crippen LogP contribution in [0, 0.1) is 17.0 Å². The Bertz CT molecular complexity index is 1480. The number of nitro benzene ring substituents is 1. The Balaban J connectivity index is 1.44. The summed E-state index contributed by atoms with van der Waals surface area (Å²) in [5, 5.41) is 11.8. The first kappa shape index (κ1) is 22.0. The number of aryl methyl sites for hydroxylation is 1. The molecule has 0 saturated heterocycles. The zero-order valence-corrected chi connectivity index (χ0v) is 19.5. The van der Waals surface area contributed by atoms with E-state index in [9.17, 15) is 14.9 Å². The van der Waals surface area contributed by atoms with E-state index in [1.165, 1.54) is 12.1 Å². The lowest BCUT2D eigenvalue weighted by atomic mass is 10.1. The minimum absolute atomic E-state index is 0.0279. The zero-order chi connectivity index (χ0) is 23.8. The molecule has 5 rings (SSSR count). The lowest BCUT2D eigenvalue weighted by molar-refractivity contribution is -0.385. The smallest absolute Gasteiger partial charge is 0.273 e. The molecule has 1 aliphatic rings. The Hall–Kier alpha value is -3.81. The number of nitrogens with zero attached hydrogens (tertiary/aromatic N) is 2. The van der Waals surface area contributed by atoms with Crippen LogP contribution in [-0.4, -0.2) is 10.8 Å². The number of fused-ring (bicyclic) bond motifs is 2. The van der Waals surface area contributed by atoms with E-state index in [4.69, 9.17) is 16.0 Å². The monoisotopic (exact) mass is 488 g/mol. The van der Waals surface area contributed by atoms with Crippen LogP contribution in [-0.2, 0) is 4.79 Å². The van der Waals surface area contributed by atoms with Gasteiger partial charge in [0.05, 0.1) is 16.3 Å². The molecule has 0 spiro atoms. The van der Waals surface area contributed by atoms with Crippen molar-refractivity contribution >= 4 is 52.4 Å². The van der Waals surface area contributed by atoms with Crippen molar-refractivity contribution in [3.63, 3.8) is 0 Å².